The van der Waals surface area contributed by atoms with Crippen molar-refractivity contribution in [3.05, 3.63) is 16.1 Å². The number of Topliss-reactive ketones (excluding diaryl/α,β-unsaturated/α-hetero) is 1. The van der Waals surface area contributed by atoms with E-state index in [1.807, 2.05) is 26.2 Å². The van der Waals surface area contributed by atoms with Crippen molar-refractivity contribution in [3.63, 3.8) is 0 Å². The molecule has 0 saturated carbocycles. The van der Waals surface area contributed by atoms with Crippen molar-refractivity contribution >= 4 is 17.1 Å². The average Bonchev–Trinajstić information content (AvgIpc) is 2.51. The smallest absolute Gasteiger partial charge is 0.141 e. The summed E-state index contributed by atoms with van der Waals surface area (Å²) in [5.41, 5.74) is 1.00. The van der Waals surface area contributed by atoms with Crippen LogP contribution >= 0.6 is 11.3 Å². The number of rotatable bonds is 6. The van der Waals surface area contributed by atoms with E-state index in [1.165, 1.54) is 0 Å². The van der Waals surface area contributed by atoms with Gasteiger partial charge >= 0.3 is 0 Å². The van der Waals surface area contributed by atoms with E-state index in [9.17, 15) is 4.79 Å². The summed E-state index contributed by atoms with van der Waals surface area (Å²) >= 11 is 1.57. The largest absolute Gasteiger partial charge is 0.314 e. The first-order valence-corrected chi connectivity index (χ1v) is 6.16. The molecule has 1 atom stereocenters. The molecule has 0 aliphatic rings. The van der Waals surface area contributed by atoms with Gasteiger partial charge in [-0.1, -0.05) is 6.92 Å². The Bertz CT molecular complexity index is 322. The van der Waals surface area contributed by atoms with Crippen LogP contribution in [-0.4, -0.2) is 23.4 Å². The van der Waals surface area contributed by atoms with Gasteiger partial charge in [-0.3, -0.25) is 4.79 Å². The van der Waals surface area contributed by atoms with E-state index in [4.69, 9.17) is 0 Å². The molecule has 0 fully saturated rings. The fourth-order valence-corrected chi connectivity index (χ4v) is 2.29. The Hall–Kier alpha value is -0.740. The van der Waals surface area contributed by atoms with Crippen LogP contribution in [0.3, 0.4) is 0 Å². The number of hydrogen-bond acceptors (Lipinski definition) is 4. The number of aryl methyl sites for hydroxylation is 1. The van der Waals surface area contributed by atoms with Gasteiger partial charge in [0.2, 0.25) is 0 Å². The first-order valence-electron chi connectivity index (χ1n) is 5.28. The van der Waals surface area contributed by atoms with Crippen LogP contribution in [-0.2, 0) is 11.2 Å². The minimum Gasteiger partial charge on any atom is -0.314 e. The summed E-state index contributed by atoms with van der Waals surface area (Å²) < 4.78 is 0. The number of hydrogen-bond donors (Lipinski definition) is 1. The second kappa shape index (κ2) is 5.98. The average molecular weight is 226 g/mol. The van der Waals surface area contributed by atoms with Gasteiger partial charge < -0.3 is 5.32 Å². The van der Waals surface area contributed by atoms with Gasteiger partial charge in [0.25, 0.3) is 0 Å². The summed E-state index contributed by atoms with van der Waals surface area (Å²) in [5, 5.41) is 6.14. The highest BCUT2D eigenvalue weighted by molar-refractivity contribution is 7.09. The van der Waals surface area contributed by atoms with Crippen LogP contribution in [0.2, 0.25) is 0 Å². The highest BCUT2D eigenvalue weighted by Gasteiger charge is 2.10. The van der Waals surface area contributed by atoms with Crippen LogP contribution < -0.4 is 5.32 Å². The molecule has 1 aromatic heterocycles. The molecule has 3 nitrogen and oxygen atoms in total. The molecule has 1 aromatic rings. The Labute approximate surface area is 94.9 Å². The molecule has 1 rings (SSSR count). The van der Waals surface area contributed by atoms with Gasteiger partial charge in [0.1, 0.15) is 10.8 Å². The highest BCUT2D eigenvalue weighted by atomic mass is 32.1. The lowest BCUT2D eigenvalue weighted by Crippen LogP contribution is -2.28. The zero-order valence-electron chi connectivity index (χ0n) is 9.54. The van der Waals surface area contributed by atoms with Crippen LogP contribution in [0.1, 0.15) is 31.0 Å². The first-order chi connectivity index (χ1) is 7.11. The second-order valence-corrected chi connectivity index (χ2v) is 4.70. The van der Waals surface area contributed by atoms with Crippen molar-refractivity contribution in [3.8, 4) is 0 Å². The molecule has 4 heteroatoms. The van der Waals surface area contributed by atoms with Gasteiger partial charge in [0.15, 0.2) is 0 Å². The molecule has 1 heterocycles. The third-order valence-electron chi connectivity index (χ3n) is 2.10. The lowest BCUT2D eigenvalue weighted by atomic mass is 10.1. The van der Waals surface area contributed by atoms with Gasteiger partial charge in [-0.15, -0.1) is 11.3 Å². The van der Waals surface area contributed by atoms with Crippen molar-refractivity contribution in [2.24, 2.45) is 0 Å². The van der Waals surface area contributed by atoms with Crippen LogP contribution in [0, 0.1) is 6.92 Å². The number of carbonyl (C=O) groups is 1. The van der Waals surface area contributed by atoms with Crippen molar-refractivity contribution in [1.82, 2.24) is 10.3 Å². The van der Waals surface area contributed by atoms with E-state index in [0.29, 0.717) is 12.8 Å². The third-order valence-corrected chi connectivity index (χ3v) is 3.07. The molecule has 0 amide bonds. The Morgan fingerprint density at radius 2 is 2.40 bits per heavy atom. The summed E-state index contributed by atoms with van der Waals surface area (Å²) in [5.74, 6) is 0.262. The minimum absolute atomic E-state index is 0.262. The van der Waals surface area contributed by atoms with Crippen LogP contribution in [0.4, 0.5) is 0 Å². The molecule has 0 aliphatic heterocycles. The number of nitrogens with one attached hydrogen (secondary N) is 1. The predicted octanol–water partition coefficient (Wildman–Crippen LogP) is 1.95. The Morgan fingerprint density at radius 1 is 1.67 bits per heavy atom. The molecule has 0 saturated heterocycles. The molecule has 1 unspecified atom stereocenters. The summed E-state index contributed by atoms with van der Waals surface area (Å²) in [7, 11) is 0. The normalized spacial score (nSPS) is 12.7. The SMILES string of the molecule is CCNC(C)CC(=O)Cc1nc(C)cs1. The second-order valence-electron chi connectivity index (χ2n) is 3.76. The molecule has 1 N–H and O–H groups in total. The number of thiazole rings is 1. The first kappa shape index (κ1) is 12.3. The predicted molar refractivity (Wildman–Crippen MR) is 63.3 cm³/mol. The van der Waals surface area contributed by atoms with Gasteiger partial charge in [-0.25, -0.2) is 4.98 Å². The monoisotopic (exact) mass is 226 g/mol. The molecule has 0 aromatic carbocycles. The van der Waals surface area contributed by atoms with E-state index in [0.717, 1.165) is 17.2 Å². The molecular formula is C11H18N2OS. The van der Waals surface area contributed by atoms with Crippen LogP contribution in [0.5, 0.6) is 0 Å². The van der Waals surface area contributed by atoms with Crippen molar-refractivity contribution < 1.29 is 4.79 Å². The number of carbonyl (C=O) groups excluding carboxylic acids is 1. The number of aromatic nitrogens is 1. The molecule has 0 bridgehead atoms. The van der Waals surface area contributed by atoms with E-state index in [1.54, 1.807) is 11.3 Å². The third kappa shape index (κ3) is 4.53. The highest BCUT2D eigenvalue weighted by Crippen LogP contribution is 2.10. The fraction of sp³-hybridized carbons (Fsp3) is 0.636. The summed E-state index contributed by atoms with van der Waals surface area (Å²) in [6.45, 7) is 6.94. The van der Waals surface area contributed by atoms with Gasteiger partial charge in [-0.05, 0) is 20.4 Å². The zero-order chi connectivity index (χ0) is 11.3. The number of ketones is 1. The van der Waals surface area contributed by atoms with Gasteiger partial charge in [0, 0.05) is 23.5 Å². The van der Waals surface area contributed by atoms with Crippen molar-refractivity contribution in [1.29, 1.82) is 0 Å². The molecule has 0 spiro atoms. The quantitative estimate of drug-likeness (QED) is 0.806. The zero-order valence-corrected chi connectivity index (χ0v) is 10.4. The van der Waals surface area contributed by atoms with Crippen molar-refractivity contribution in [2.75, 3.05) is 6.54 Å². The van der Waals surface area contributed by atoms with E-state index >= 15 is 0 Å². The Morgan fingerprint density at radius 3 is 2.93 bits per heavy atom. The summed E-state index contributed by atoms with van der Waals surface area (Å²) in [6.07, 6.45) is 1.07. The molecule has 0 aliphatic carbocycles. The van der Waals surface area contributed by atoms with E-state index < -0.39 is 0 Å². The van der Waals surface area contributed by atoms with Gasteiger partial charge in [-0.2, -0.15) is 0 Å². The lowest BCUT2D eigenvalue weighted by molar-refractivity contribution is -0.118. The minimum atomic E-state index is 0.262. The number of nitrogens with zero attached hydrogens (tertiary/aromatic N) is 1. The lowest BCUT2D eigenvalue weighted by Gasteiger charge is -2.10. The molecule has 84 valence electrons. The molecule has 0 radical (unpaired) electrons. The maximum Gasteiger partial charge on any atom is 0.141 e. The van der Waals surface area contributed by atoms with Crippen LogP contribution in [0.25, 0.3) is 0 Å². The maximum atomic E-state index is 11.6. The maximum absolute atomic E-state index is 11.6. The van der Waals surface area contributed by atoms with Crippen LogP contribution in [0.15, 0.2) is 5.38 Å². The van der Waals surface area contributed by atoms with E-state index in [-0.39, 0.29) is 11.8 Å². The molecular weight excluding hydrogens is 208 g/mol. The van der Waals surface area contributed by atoms with Gasteiger partial charge in [0.05, 0.1) is 6.42 Å². The standard InChI is InChI=1S/C11H18N2OS/c1-4-12-8(2)5-10(14)6-11-13-9(3)7-15-11/h7-8,12H,4-6H2,1-3H3. The summed E-state index contributed by atoms with van der Waals surface area (Å²) in [6, 6.07) is 0.267. The fourth-order valence-electron chi connectivity index (χ4n) is 1.49. The van der Waals surface area contributed by atoms with Crippen molar-refractivity contribution in [2.45, 2.75) is 39.7 Å². The topological polar surface area (TPSA) is 42.0 Å². The Balaban J connectivity index is 2.36. The molecule has 15 heavy (non-hydrogen) atoms. The Kier molecular flexibility index (Phi) is 4.91. The summed E-state index contributed by atoms with van der Waals surface area (Å²) in [4.78, 5) is 15.9. The van der Waals surface area contributed by atoms with E-state index in [2.05, 4.69) is 10.3 Å².